The number of carboxylic acids is 1. The summed E-state index contributed by atoms with van der Waals surface area (Å²) in [7, 11) is 0. The first-order chi connectivity index (χ1) is 8.95. The highest BCUT2D eigenvalue weighted by Crippen LogP contribution is 2.21. The highest BCUT2D eigenvalue weighted by molar-refractivity contribution is 7.99. The van der Waals surface area contributed by atoms with E-state index in [0.717, 1.165) is 11.8 Å². The molecule has 0 saturated heterocycles. The zero-order chi connectivity index (χ0) is 14.4. The van der Waals surface area contributed by atoms with Crippen LogP contribution in [-0.4, -0.2) is 51.2 Å². The summed E-state index contributed by atoms with van der Waals surface area (Å²) in [5.74, 6) is -0.959. The molecule has 1 aromatic rings. The number of aromatic nitrogens is 2. The zero-order valence-electron chi connectivity index (χ0n) is 10.7. The van der Waals surface area contributed by atoms with Crippen molar-refractivity contribution < 1.29 is 19.7 Å². The molecule has 0 amide bonds. The first kappa shape index (κ1) is 15.7. The predicted molar refractivity (Wildman–Crippen MR) is 69.8 cm³/mol. The number of hydrogen-bond acceptors (Lipinski definition) is 6. The molecule has 0 aliphatic carbocycles. The molecule has 0 fully saturated rings. The molecule has 106 valence electrons. The largest absolute Gasteiger partial charge is 0.478 e. The summed E-state index contributed by atoms with van der Waals surface area (Å²) >= 11 is 1.02. The van der Waals surface area contributed by atoms with Crippen LogP contribution in [0.1, 0.15) is 23.0 Å². The van der Waals surface area contributed by atoms with Gasteiger partial charge in [-0.25, -0.2) is 9.59 Å². The van der Waals surface area contributed by atoms with E-state index in [0.29, 0.717) is 6.61 Å². The molecule has 3 N–H and O–H groups in total. The van der Waals surface area contributed by atoms with Gasteiger partial charge in [0, 0.05) is 18.1 Å². The maximum atomic E-state index is 11.2. The summed E-state index contributed by atoms with van der Waals surface area (Å²) in [6.45, 7) is 3.95. The Morgan fingerprint density at radius 2 is 2.26 bits per heavy atom. The number of carbonyl (C=O) groups is 1. The summed E-state index contributed by atoms with van der Waals surface area (Å²) in [6, 6.07) is 0. The Morgan fingerprint density at radius 3 is 2.84 bits per heavy atom. The number of carboxylic acid groups (broad SMARTS) is 1. The smallest absolute Gasteiger partial charge is 0.346 e. The number of aliphatic hydroxyl groups is 1. The van der Waals surface area contributed by atoms with Crippen molar-refractivity contribution in [3.8, 4) is 0 Å². The minimum absolute atomic E-state index is 0.0480. The molecule has 0 spiro atoms. The fourth-order valence-electron chi connectivity index (χ4n) is 1.39. The average Bonchev–Trinajstić information content (AvgIpc) is 2.32. The molecule has 0 aliphatic rings. The molecule has 1 rings (SSSR count). The molecule has 0 aliphatic heterocycles. The van der Waals surface area contributed by atoms with Crippen LogP contribution in [0.25, 0.3) is 0 Å². The number of thioether (sulfide) groups is 1. The van der Waals surface area contributed by atoms with Gasteiger partial charge in [-0.2, -0.15) is 4.98 Å². The van der Waals surface area contributed by atoms with Crippen LogP contribution >= 0.6 is 11.8 Å². The average molecular weight is 288 g/mol. The molecule has 0 bridgehead atoms. The Morgan fingerprint density at radius 1 is 1.58 bits per heavy atom. The highest BCUT2D eigenvalue weighted by atomic mass is 32.2. The van der Waals surface area contributed by atoms with Crippen molar-refractivity contribution in [1.82, 2.24) is 9.97 Å². The molecule has 0 aromatic carbocycles. The van der Waals surface area contributed by atoms with E-state index < -0.39 is 17.8 Å². The molecule has 1 unspecified atom stereocenters. The second-order valence-corrected chi connectivity index (χ2v) is 4.79. The van der Waals surface area contributed by atoms with Gasteiger partial charge in [0.25, 0.3) is 0 Å². The number of H-pyrrole nitrogens is 1. The van der Waals surface area contributed by atoms with E-state index >= 15 is 0 Å². The number of ether oxygens (including phenoxy) is 1. The van der Waals surface area contributed by atoms with Crippen LogP contribution < -0.4 is 5.69 Å². The number of hydrogen-bond donors (Lipinski definition) is 3. The maximum absolute atomic E-state index is 11.2. The third kappa shape index (κ3) is 4.66. The van der Waals surface area contributed by atoms with E-state index in [4.69, 9.17) is 9.84 Å². The van der Waals surface area contributed by atoms with Crippen LogP contribution in [-0.2, 0) is 4.74 Å². The molecule has 1 heterocycles. The standard InChI is InChI=1S/C11H16N2O5S/c1-3-18-4-7(14)5-19-9-8(10(15)16)6(2)12-11(17)13-9/h7,14H,3-5H2,1-2H3,(H,15,16)(H,12,13,17). The molecule has 7 nitrogen and oxygen atoms in total. The van der Waals surface area contributed by atoms with Gasteiger partial charge in [0.2, 0.25) is 0 Å². The molecule has 8 heteroatoms. The van der Waals surface area contributed by atoms with Crippen LogP contribution in [0.15, 0.2) is 9.82 Å². The fourth-order valence-corrected chi connectivity index (χ4v) is 2.37. The van der Waals surface area contributed by atoms with E-state index in [1.807, 2.05) is 6.92 Å². The number of aryl methyl sites for hydroxylation is 1. The lowest BCUT2D eigenvalue weighted by atomic mass is 10.2. The minimum atomic E-state index is -1.16. The van der Waals surface area contributed by atoms with Crippen LogP contribution in [0.5, 0.6) is 0 Å². The molecule has 0 saturated carbocycles. The Hall–Kier alpha value is -1.38. The second kappa shape index (κ2) is 7.27. The molecule has 19 heavy (non-hydrogen) atoms. The molecular formula is C11H16N2O5S. The first-order valence-electron chi connectivity index (χ1n) is 5.68. The SMILES string of the molecule is CCOCC(O)CSc1nc(=O)[nH]c(C)c1C(=O)O. The van der Waals surface area contributed by atoms with Gasteiger partial charge in [0.15, 0.2) is 0 Å². The zero-order valence-corrected chi connectivity index (χ0v) is 11.5. The van der Waals surface area contributed by atoms with Crippen LogP contribution in [0.2, 0.25) is 0 Å². The van der Waals surface area contributed by atoms with Crippen molar-refractivity contribution in [3.05, 3.63) is 21.7 Å². The van der Waals surface area contributed by atoms with Gasteiger partial charge in [-0.1, -0.05) is 0 Å². The minimum Gasteiger partial charge on any atom is -0.478 e. The Balaban J connectivity index is 2.82. The Bertz CT molecular complexity index is 502. The highest BCUT2D eigenvalue weighted by Gasteiger charge is 2.18. The lowest BCUT2D eigenvalue weighted by Crippen LogP contribution is -2.21. The van der Waals surface area contributed by atoms with E-state index in [-0.39, 0.29) is 28.6 Å². The Kier molecular flexibility index (Phi) is 6.00. The van der Waals surface area contributed by atoms with E-state index in [1.165, 1.54) is 6.92 Å². The van der Waals surface area contributed by atoms with Gasteiger partial charge >= 0.3 is 11.7 Å². The summed E-state index contributed by atoms with van der Waals surface area (Å²) < 4.78 is 5.04. The van der Waals surface area contributed by atoms with Crippen molar-refractivity contribution in [2.24, 2.45) is 0 Å². The van der Waals surface area contributed by atoms with Crippen molar-refractivity contribution in [3.63, 3.8) is 0 Å². The van der Waals surface area contributed by atoms with Gasteiger partial charge in [-0.3, -0.25) is 0 Å². The van der Waals surface area contributed by atoms with Gasteiger partial charge in [-0.15, -0.1) is 11.8 Å². The molecule has 1 aromatic heterocycles. The van der Waals surface area contributed by atoms with E-state index in [2.05, 4.69) is 9.97 Å². The number of nitrogens with one attached hydrogen (secondary N) is 1. The molecular weight excluding hydrogens is 272 g/mol. The van der Waals surface area contributed by atoms with E-state index in [9.17, 15) is 14.7 Å². The Labute approximate surface area is 114 Å². The topological polar surface area (TPSA) is 113 Å². The maximum Gasteiger partial charge on any atom is 0.346 e. The first-order valence-corrected chi connectivity index (χ1v) is 6.67. The fraction of sp³-hybridized carbons (Fsp3) is 0.545. The van der Waals surface area contributed by atoms with Crippen molar-refractivity contribution in [2.75, 3.05) is 19.0 Å². The lowest BCUT2D eigenvalue weighted by Gasteiger charge is -2.11. The normalized spacial score (nSPS) is 12.4. The number of nitrogens with zero attached hydrogens (tertiary/aromatic N) is 1. The number of rotatable bonds is 7. The monoisotopic (exact) mass is 288 g/mol. The summed E-state index contributed by atoms with van der Waals surface area (Å²) in [5, 5.41) is 18.8. The predicted octanol–water partition coefficient (Wildman–Crippen LogP) is 0.266. The second-order valence-electron chi connectivity index (χ2n) is 3.78. The number of aliphatic hydroxyl groups excluding tert-OH is 1. The van der Waals surface area contributed by atoms with Crippen LogP contribution in [0, 0.1) is 6.92 Å². The van der Waals surface area contributed by atoms with Gasteiger partial charge in [0.05, 0.1) is 12.7 Å². The van der Waals surface area contributed by atoms with E-state index in [1.54, 1.807) is 0 Å². The number of aromatic amines is 1. The quantitative estimate of drug-likeness (QED) is 0.487. The van der Waals surface area contributed by atoms with Crippen molar-refractivity contribution in [2.45, 2.75) is 25.0 Å². The van der Waals surface area contributed by atoms with Crippen LogP contribution in [0.3, 0.4) is 0 Å². The molecule has 1 atom stereocenters. The summed E-state index contributed by atoms with van der Waals surface area (Å²) in [6.07, 6.45) is -0.743. The van der Waals surface area contributed by atoms with Crippen molar-refractivity contribution in [1.29, 1.82) is 0 Å². The van der Waals surface area contributed by atoms with Gasteiger partial charge in [0.1, 0.15) is 10.6 Å². The lowest BCUT2D eigenvalue weighted by molar-refractivity contribution is 0.0551. The third-order valence-electron chi connectivity index (χ3n) is 2.23. The molecule has 0 radical (unpaired) electrons. The number of aromatic carboxylic acids is 1. The van der Waals surface area contributed by atoms with Crippen molar-refractivity contribution >= 4 is 17.7 Å². The summed E-state index contributed by atoms with van der Waals surface area (Å²) in [5.41, 5.74) is -0.410. The third-order valence-corrected chi connectivity index (χ3v) is 3.35. The van der Waals surface area contributed by atoms with Gasteiger partial charge in [-0.05, 0) is 13.8 Å². The summed E-state index contributed by atoms with van der Waals surface area (Å²) in [4.78, 5) is 28.3. The van der Waals surface area contributed by atoms with Gasteiger partial charge < -0.3 is 19.9 Å². The van der Waals surface area contributed by atoms with Crippen LogP contribution in [0.4, 0.5) is 0 Å².